The third-order valence-electron chi connectivity index (χ3n) is 5.11. The number of imide groups is 1. The van der Waals surface area contributed by atoms with Gasteiger partial charge in [0.1, 0.15) is 0 Å². The van der Waals surface area contributed by atoms with Gasteiger partial charge >= 0.3 is 6.03 Å². The smallest absolute Gasteiger partial charge is 0.313 e. The Morgan fingerprint density at radius 3 is 2.74 bits per heavy atom. The van der Waals surface area contributed by atoms with Crippen LogP contribution in [0.25, 0.3) is 0 Å². The summed E-state index contributed by atoms with van der Waals surface area (Å²) >= 11 is 0. The number of hydrogen-bond acceptors (Lipinski definition) is 6. The molecule has 0 aliphatic carbocycles. The molecule has 0 aromatic carbocycles. The first-order valence-electron chi connectivity index (χ1n) is 8.18. The number of amides is 3. The molecular weight excluding hydrogens is 296 g/mol. The highest BCUT2D eigenvalue weighted by molar-refractivity contribution is 6.04. The summed E-state index contributed by atoms with van der Waals surface area (Å²) in [5, 5.41) is 2.40. The fourth-order valence-corrected chi connectivity index (χ4v) is 3.77. The molecule has 3 amide bonds. The van der Waals surface area contributed by atoms with Gasteiger partial charge in [-0.15, -0.1) is 0 Å². The van der Waals surface area contributed by atoms with Crippen molar-refractivity contribution in [2.75, 3.05) is 33.2 Å². The number of nitrogens with zero attached hydrogens (tertiary/aromatic N) is 5. The summed E-state index contributed by atoms with van der Waals surface area (Å²) in [6, 6.07) is -0.842. The Labute approximate surface area is 135 Å². The van der Waals surface area contributed by atoms with Gasteiger partial charge in [0.05, 0.1) is 0 Å². The molecule has 124 valence electrons. The predicted molar refractivity (Wildman–Crippen MR) is 84.3 cm³/mol. The Balaban J connectivity index is 1.53. The highest BCUT2D eigenvalue weighted by Crippen LogP contribution is 2.31. The Kier molecular flexibility index (Phi) is 3.29. The number of likely N-dealkylation sites (N-methyl/N-ethyl adjacent to an activating group) is 1. The number of likely N-dealkylation sites (tertiary alicyclic amines) is 1. The number of urea groups is 1. The molecule has 2 saturated heterocycles. The van der Waals surface area contributed by atoms with Gasteiger partial charge in [-0.2, -0.15) is 0 Å². The topological polar surface area (TPSA) is 71.5 Å². The maximum Gasteiger partial charge on any atom is 0.325 e. The maximum atomic E-state index is 12.2. The van der Waals surface area contributed by atoms with Crippen LogP contribution in [-0.4, -0.2) is 82.9 Å². The molecular formula is C15H22N6O2. The zero-order valence-corrected chi connectivity index (χ0v) is 13.5. The molecule has 23 heavy (non-hydrogen) atoms. The van der Waals surface area contributed by atoms with E-state index in [0.717, 1.165) is 37.8 Å². The second-order valence-electron chi connectivity index (χ2n) is 6.57. The zero-order chi connectivity index (χ0) is 16.1. The van der Waals surface area contributed by atoms with Gasteiger partial charge in [-0.05, 0) is 32.9 Å². The second-order valence-corrected chi connectivity index (χ2v) is 6.57. The number of nitrogens with one attached hydrogen (secondary N) is 1. The van der Waals surface area contributed by atoms with Crippen molar-refractivity contribution in [3.8, 4) is 0 Å². The maximum absolute atomic E-state index is 12.2. The number of rotatable bonds is 3. The highest BCUT2D eigenvalue weighted by atomic mass is 16.2. The van der Waals surface area contributed by atoms with Crippen LogP contribution in [-0.2, 0) is 4.79 Å². The van der Waals surface area contributed by atoms with Crippen LogP contribution < -0.4 is 5.32 Å². The quantitative estimate of drug-likeness (QED) is 0.781. The zero-order valence-electron chi connectivity index (χ0n) is 13.5. The number of fused-ring (bicyclic) bond motifs is 3. The monoisotopic (exact) mass is 318 g/mol. The van der Waals surface area contributed by atoms with Crippen molar-refractivity contribution < 1.29 is 9.59 Å². The second kappa shape index (κ2) is 5.23. The van der Waals surface area contributed by atoms with Gasteiger partial charge in [0, 0.05) is 32.0 Å². The van der Waals surface area contributed by atoms with Gasteiger partial charge in [-0.3, -0.25) is 10.1 Å². The number of allylic oxidation sites excluding steroid dienone is 1. The SMILES string of the molecule is CC1=CN2C(=NC3C2C(=O)NC(=O)N3C)N1CCN1CCCC1. The van der Waals surface area contributed by atoms with Gasteiger partial charge < -0.3 is 19.6 Å². The van der Waals surface area contributed by atoms with E-state index in [9.17, 15) is 9.59 Å². The fraction of sp³-hybridized carbons (Fsp3) is 0.667. The van der Waals surface area contributed by atoms with Crippen LogP contribution >= 0.6 is 0 Å². The van der Waals surface area contributed by atoms with Crippen molar-refractivity contribution in [1.29, 1.82) is 0 Å². The lowest BCUT2D eigenvalue weighted by Gasteiger charge is -2.34. The van der Waals surface area contributed by atoms with Gasteiger partial charge in [-0.25, -0.2) is 9.79 Å². The first-order chi connectivity index (χ1) is 11.1. The molecule has 0 bridgehead atoms. The first-order valence-corrected chi connectivity index (χ1v) is 8.18. The molecule has 8 nitrogen and oxygen atoms in total. The number of guanidine groups is 1. The van der Waals surface area contributed by atoms with Crippen LogP contribution in [0, 0.1) is 0 Å². The summed E-state index contributed by atoms with van der Waals surface area (Å²) in [5.74, 6) is 0.510. The van der Waals surface area contributed by atoms with Crippen molar-refractivity contribution in [3.05, 3.63) is 11.9 Å². The third kappa shape index (κ3) is 2.20. The summed E-state index contributed by atoms with van der Waals surface area (Å²) in [6.07, 6.45) is 4.08. The Morgan fingerprint density at radius 2 is 2.00 bits per heavy atom. The van der Waals surface area contributed by atoms with Crippen LogP contribution in [0.15, 0.2) is 16.9 Å². The van der Waals surface area contributed by atoms with E-state index in [2.05, 4.69) is 20.1 Å². The average Bonchev–Trinajstić information content (AvgIpc) is 3.19. The summed E-state index contributed by atoms with van der Waals surface area (Å²) < 4.78 is 0. The number of carbonyl (C=O) groups is 2. The van der Waals surface area contributed by atoms with Crippen molar-refractivity contribution in [2.24, 2.45) is 4.99 Å². The lowest BCUT2D eigenvalue weighted by atomic mass is 10.1. The van der Waals surface area contributed by atoms with Crippen molar-refractivity contribution >= 4 is 17.9 Å². The van der Waals surface area contributed by atoms with E-state index >= 15 is 0 Å². The molecule has 1 N–H and O–H groups in total. The minimum Gasteiger partial charge on any atom is -0.313 e. The van der Waals surface area contributed by atoms with E-state index in [4.69, 9.17) is 0 Å². The van der Waals surface area contributed by atoms with Crippen molar-refractivity contribution in [1.82, 2.24) is 24.9 Å². The van der Waals surface area contributed by atoms with E-state index in [-0.39, 0.29) is 11.9 Å². The van der Waals surface area contributed by atoms with Gasteiger partial charge in [0.2, 0.25) is 5.96 Å². The van der Waals surface area contributed by atoms with Crippen LogP contribution in [0.2, 0.25) is 0 Å². The molecule has 2 unspecified atom stereocenters. The Morgan fingerprint density at radius 1 is 1.26 bits per heavy atom. The van der Waals surface area contributed by atoms with E-state index < -0.39 is 12.2 Å². The van der Waals surface area contributed by atoms with E-state index in [1.54, 1.807) is 7.05 Å². The molecule has 8 heteroatoms. The molecule has 4 heterocycles. The van der Waals surface area contributed by atoms with Crippen molar-refractivity contribution in [2.45, 2.75) is 32.0 Å². The van der Waals surface area contributed by atoms with Gasteiger partial charge in [-0.1, -0.05) is 0 Å². The van der Waals surface area contributed by atoms with E-state index in [1.807, 2.05) is 18.0 Å². The standard InChI is InChI=1S/C15H22N6O2/c1-10-9-21-11-12(18(2)15(23)17-13(11)22)16-14(21)20(10)8-7-19-5-3-4-6-19/h9,11-12H,3-8H2,1-2H3,(H,17,22,23). The molecule has 2 atom stereocenters. The van der Waals surface area contributed by atoms with Crippen molar-refractivity contribution in [3.63, 3.8) is 0 Å². The first kappa shape index (κ1) is 14.5. The lowest BCUT2D eigenvalue weighted by Crippen LogP contribution is -2.62. The summed E-state index contributed by atoms with van der Waals surface area (Å²) in [4.78, 5) is 36.7. The molecule has 4 rings (SSSR count). The van der Waals surface area contributed by atoms with Crippen LogP contribution in [0.5, 0.6) is 0 Å². The minimum absolute atomic E-state index is 0.276. The van der Waals surface area contributed by atoms with Gasteiger partial charge in [0.15, 0.2) is 12.2 Å². The number of aliphatic imine (C=N–C) groups is 1. The highest BCUT2D eigenvalue weighted by Gasteiger charge is 2.51. The molecule has 4 aliphatic rings. The molecule has 0 radical (unpaired) electrons. The molecule has 0 aromatic rings. The summed E-state index contributed by atoms with van der Waals surface area (Å²) in [5.41, 5.74) is 1.09. The number of carbonyl (C=O) groups excluding carboxylic acids is 2. The molecule has 0 aromatic heterocycles. The Bertz CT molecular complexity index is 609. The molecule has 0 spiro atoms. The summed E-state index contributed by atoms with van der Waals surface area (Å²) in [7, 11) is 1.68. The largest absolute Gasteiger partial charge is 0.325 e. The summed E-state index contributed by atoms with van der Waals surface area (Å²) in [6.45, 7) is 6.22. The molecule has 4 aliphatic heterocycles. The molecule has 0 saturated carbocycles. The normalized spacial score (nSPS) is 30.4. The van der Waals surface area contributed by atoms with Gasteiger partial charge in [0.25, 0.3) is 5.91 Å². The van der Waals surface area contributed by atoms with E-state index in [1.165, 1.54) is 17.7 Å². The van der Waals surface area contributed by atoms with Crippen LogP contribution in [0.4, 0.5) is 4.79 Å². The Hall–Kier alpha value is -2.09. The fourth-order valence-electron chi connectivity index (χ4n) is 3.77. The predicted octanol–water partition coefficient (Wildman–Crippen LogP) is -0.193. The lowest BCUT2D eigenvalue weighted by molar-refractivity contribution is -0.126. The van der Waals surface area contributed by atoms with Crippen LogP contribution in [0.3, 0.4) is 0 Å². The molecule has 2 fully saturated rings. The van der Waals surface area contributed by atoms with E-state index in [0.29, 0.717) is 0 Å². The number of hydrogen-bond donors (Lipinski definition) is 1. The minimum atomic E-state index is -0.459. The average molecular weight is 318 g/mol. The van der Waals surface area contributed by atoms with Crippen LogP contribution in [0.1, 0.15) is 19.8 Å². The third-order valence-corrected chi connectivity index (χ3v) is 5.11.